The fourth-order valence-electron chi connectivity index (χ4n) is 1.91. The Bertz CT molecular complexity index is 752. The molecule has 0 aliphatic heterocycles. The molecule has 0 aliphatic rings. The minimum atomic E-state index is -0.451. The average molecular weight is 426 g/mol. The third kappa shape index (κ3) is 6.88. The Labute approximate surface area is 158 Å². The first-order valence-corrected chi connectivity index (χ1v) is 9.32. The SMILES string of the molecule is Cc1ccc(NC(=O)COC(=O)CCSc2ccc(F)cc2)c(Br)c1. The number of hydrogen-bond acceptors (Lipinski definition) is 4. The highest BCUT2D eigenvalue weighted by Gasteiger charge is 2.10. The van der Waals surface area contributed by atoms with Gasteiger partial charge in [0.25, 0.3) is 5.91 Å². The zero-order chi connectivity index (χ0) is 18.2. The molecule has 0 aliphatic carbocycles. The van der Waals surface area contributed by atoms with Crippen molar-refractivity contribution < 1.29 is 18.7 Å². The third-order valence-electron chi connectivity index (χ3n) is 3.15. The number of amides is 1. The second kappa shape index (κ2) is 9.58. The first kappa shape index (κ1) is 19.5. The quantitative estimate of drug-likeness (QED) is 0.521. The predicted molar refractivity (Wildman–Crippen MR) is 100 cm³/mol. The van der Waals surface area contributed by atoms with E-state index in [1.54, 1.807) is 18.2 Å². The number of halogens is 2. The van der Waals surface area contributed by atoms with Gasteiger partial charge in [-0.05, 0) is 64.8 Å². The number of carbonyl (C=O) groups is 2. The number of ether oxygens (including phenoxy) is 1. The standard InChI is InChI=1S/C18H17BrFNO3S/c1-12-2-7-16(15(19)10-12)21-17(22)11-24-18(23)8-9-25-14-5-3-13(20)4-6-14/h2-7,10H,8-9,11H2,1H3,(H,21,22). The molecular formula is C18H17BrFNO3S. The zero-order valence-electron chi connectivity index (χ0n) is 13.6. The molecule has 0 fully saturated rings. The zero-order valence-corrected chi connectivity index (χ0v) is 16.0. The molecule has 0 atom stereocenters. The van der Waals surface area contributed by atoms with Crippen molar-refractivity contribution >= 4 is 45.3 Å². The number of esters is 1. The molecule has 0 bridgehead atoms. The van der Waals surface area contributed by atoms with Crippen molar-refractivity contribution in [3.63, 3.8) is 0 Å². The van der Waals surface area contributed by atoms with Crippen molar-refractivity contribution in [1.82, 2.24) is 0 Å². The highest BCUT2D eigenvalue weighted by Crippen LogP contribution is 2.23. The molecular weight excluding hydrogens is 409 g/mol. The van der Waals surface area contributed by atoms with E-state index in [2.05, 4.69) is 21.2 Å². The van der Waals surface area contributed by atoms with Crippen molar-refractivity contribution in [2.45, 2.75) is 18.2 Å². The van der Waals surface area contributed by atoms with Crippen LogP contribution in [-0.2, 0) is 14.3 Å². The topological polar surface area (TPSA) is 55.4 Å². The van der Waals surface area contributed by atoms with Crippen LogP contribution in [-0.4, -0.2) is 24.2 Å². The van der Waals surface area contributed by atoms with Crippen molar-refractivity contribution in [3.05, 3.63) is 58.3 Å². The van der Waals surface area contributed by atoms with Gasteiger partial charge in [-0.25, -0.2) is 4.39 Å². The lowest BCUT2D eigenvalue weighted by Crippen LogP contribution is -2.21. The Morgan fingerprint density at radius 1 is 1.20 bits per heavy atom. The summed E-state index contributed by atoms with van der Waals surface area (Å²) in [6, 6.07) is 11.6. The summed E-state index contributed by atoms with van der Waals surface area (Å²) in [5, 5.41) is 2.68. The van der Waals surface area contributed by atoms with Crippen LogP contribution in [0.2, 0.25) is 0 Å². The lowest BCUT2D eigenvalue weighted by molar-refractivity contribution is -0.146. The van der Waals surface area contributed by atoms with E-state index in [9.17, 15) is 14.0 Å². The summed E-state index contributed by atoms with van der Waals surface area (Å²) in [4.78, 5) is 24.4. The number of rotatable bonds is 7. The van der Waals surface area contributed by atoms with Crippen LogP contribution < -0.4 is 5.32 Å². The highest BCUT2D eigenvalue weighted by molar-refractivity contribution is 9.10. The Kier molecular flexibility index (Phi) is 7.46. The summed E-state index contributed by atoms with van der Waals surface area (Å²) < 4.78 is 18.5. The van der Waals surface area contributed by atoms with E-state index in [-0.39, 0.29) is 18.8 Å². The molecule has 2 aromatic carbocycles. The number of anilines is 1. The highest BCUT2D eigenvalue weighted by atomic mass is 79.9. The molecule has 0 heterocycles. The van der Waals surface area contributed by atoms with Gasteiger partial charge in [0.15, 0.2) is 6.61 Å². The molecule has 0 saturated heterocycles. The lowest BCUT2D eigenvalue weighted by Gasteiger charge is -2.09. The molecule has 2 rings (SSSR count). The number of thioether (sulfide) groups is 1. The lowest BCUT2D eigenvalue weighted by atomic mass is 10.2. The van der Waals surface area contributed by atoms with Gasteiger partial charge in [0.05, 0.1) is 12.1 Å². The van der Waals surface area contributed by atoms with Gasteiger partial charge in [0.2, 0.25) is 0 Å². The minimum Gasteiger partial charge on any atom is -0.456 e. The maximum atomic E-state index is 12.8. The second-order valence-electron chi connectivity index (χ2n) is 5.24. The van der Waals surface area contributed by atoms with Crippen LogP contribution in [0.25, 0.3) is 0 Å². The summed E-state index contributed by atoms with van der Waals surface area (Å²) >= 11 is 4.79. The number of carbonyl (C=O) groups excluding carboxylic acids is 2. The van der Waals surface area contributed by atoms with E-state index < -0.39 is 11.9 Å². The van der Waals surface area contributed by atoms with Crippen LogP contribution in [0.5, 0.6) is 0 Å². The van der Waals surface area contributed by atoms with Crippen LogP contribution in [0, 0.1) is 12.7 Å². The fraction of sp³-hybridized carbons (Fsp3) is 0.222. The molecule has 0 unspecified atom stereocenters. The second-order valence-corrected chi connectivity index (χ2v) is 7.27. The molecule has 0 radical (unpaired) electrons. The van der Waals surface area contributed by atoms with E-state index >= 15 is 0 Å². The molecule has 1 amide bonds. The molecule has 2 aromatic rings. The van der Waals surface area contributed by atoms with Gasteiger partial charge in [-0.2, -0.15) is 0 Å². The fourth-order valence-corrected chi connectivity index (χ4v) is 3.33. The van der Waals surface area contributed by atoms with Crippen molar-refractivity contribution in [2.24, 2.45) is 0 Å². The van der Waals surface area contributed by atoms with E-state index in [1.807, 2.05) is 19.1 Å². The van der Waals surface area contributed by atoms with E-state index in [0.717, 1.165) is 14.9 Å². The first-order chi connectivity index (χ1) is 11.9. The molecule has 0 saturated carbocycles. The summed E-state index contributed by atoms with van der Waals surface area (Å²) in [6.45, 7) is 1.61. The van der Waals surface area contributed by atoms with Gasteiger partial charge in [-0.15, -0.1) is 11.8 Å². The summed E-state index contributed by atoms with van der Waals surface area (Å²) in [5.74, 6) is -0.651. The molecule has 0 spiro atoms. The number of nitrogens with one attached hydrogen (secondary N) is 1. The summed E-state index contributed by atoms with van der Waals surface area (Å²) in [6.07, 6.45) is 0.170. The van der Waals surface area contributed by atoms with Gasteiger partial charge in [0, 0.05) is 15.1 Å². The van der Waals surface area contributed by atoms with E-state index in [1.165, 1.54) is 23.9 Å². The maximum Gasteiger partial charge on any atom is 0.307 e. The van der Waals surface area contributed by atoms with Gasteiger partial charge in [-0.1, -0.05) is 6.07 Å². The Morgan fingerprint density at radius 2 is 1.92 bits per heavy atom. The first-order valence-electron chi connectivity index (χ1n) is 7.54. The van der Waals surface area contributed by atoms with Gasteiger partial charge >= 0.3 is 5.97 Å². The molecule has 25 heavy (non-hydrogen) atoms. The van der Waals surface area contributed by atoms with E-state index in [4.69, 9.17) is 4.74 Å². The van der Waals surface area contributed by atoms with Gasteiger partial charge in [0.1, 0.15) is 5.82 Å². The Balaban J connectivity index is 1.68. The van der Waals surface area contributed by atoms with Crippen molar-refractivity contribution in [2.75, 3.05) is 17.7 Å². The molecule has 7 heteroatoms. The van der Waals surface area contributed by atoms with Crippen LogP contribution in [0.15, 0.2) is 51.8 Å². The number of benzene rings is 2. The molecule has 1 N–H and O–H groups in total. The van der Waals surface area contributed by atoms with Crippen LogP contribution in [0.1, 0.15) is 12.0 Å². The smallest absolute Gasteiger partial charge is 0.307 e. The van der Waals surface area contributed by atoms with Crippen molar-refractivity contribution in [1.29, 1.82) is 0 Å². The third-order valence-corrected chi connectivity index (χ3v) is 4.82. The monoisotopic (exact) mass is 425 g/mol. The van der Waals surface area contributed by atoms with Gasteiger partial charge in [-0.3, -0.25) is 9.59 Å². The largest absolute Gasteiger partial charge is 0.456 e. The molecule has 132 valence electrons. The molecule has 4 nitrogen and oxygen atoms in total. The van der Waals surface area contributed by atoms with Crippen LogP contribution in [0.3, 0.4) is 0 Å². The summed E-state index contributed by atoms with van der Waals surface area (Å²) in [5.41, 5.74) is 1.69. The normalized spacial score (nSPS) is 10.4. The Morgan fingerprint density at radius 3 is 2.60 bits per heavy atom. The predicted octanol–water partition coefficient (Wildman–Crippen LogP) is 4.56. The molecule has 0 aromatic heterocycles. The summed E-state index contributed by atoms with van der Waals surface area (Å²) in [7, 11) is 0. The number of aryl methyl sites for hydroxylation is 1. The average Bonchev–Trinajstić information content (AvgIpc) is 2.57. The van der Waals surface area contributed by atoms with Crippen molar-refractivity contribution in [3.8, 4) is 0 Å². The van der Waals surface area contributed by atoms with Crippen LogP contribution >= 0.6 is 27.7 Å². The maximum absolute atomic E-state index is 12.8. The number of hydrogen-bond donors (Lipinski definition) is 1. The van der Waals surface area contributed by atoms with Crippen LogP contribution in [0.4, 0.5) is 10.1 Å². The Hall–Kier alpha value is -1.86. The van der Waals surface area contributed by atoms with E-state index in [0.29, 0.717) is 11.4 Å². The van der Waals surface area contributed by atoms with Gasteiger partial charge < -0.3 is 10.1 Å². The minimum absolute atomic E-state index is 0.170.